The number of carbonyl (C=O) groups excluding carboxylic acids is 3. The van der Waals surface area contributed by atoms with Crippen LogP contribution in [0.1, 0.15) is 41.9 Å². The summed E-state index contributed by atoms with van der Waals surface area (Å²) in [6, 6.07) is 7.98. The first-order valence-corrected chi connectivity index (χ1v) is 11.2. The first-order valence-electron chi connectivity index (χ1n) is 10.8. The summed E-state index contributed by atoms with van der Waals surface area (Å²) in [5.41, 5.74) is 2.53. The lowest BCUT2D eigenvalue weighted by atomic mass is 9.96. The second kappa shape index (κ2) is 9.35. The topological polar surface area (TPSA) is 85.8 Å². The fraction of sp³-hybridized carbons (Fsp3) is 0.360. The van der Waals surface area contributed by atoms with Crippen molar-refractivity contribution < 1.29 is 23.9 Å². The molecule has 2 aliphatic rings. The van der Waals surface area contributed by atoms with Gasteiger partial charge in [0.15, 0.2) is 11.5 Å². The minimum atomic E-state index is -0.604. The van der Waals surface area contributed by atoms with E-state index >= 15 is 0 Å². The summed E-state index contributed by atoms with van der Waals surface area (Å²) in [4.78, 5) is 44.0. The third kappa shape index (κ3) is 4.64. The van der Waals surface area contributed by atoms with E-state index in [1.165, 1.54) is 13.3 Å². The van der Waals surface area contributed by atoms with Crippen LogP contribution < -0.4 is 4.74 Å². The Kier molecular flexibility index (Phi) is 6.51. The maximum Gasteiger partial charge on any atom is 0.339 e. The Balaban J connectivity index is 1.52. The Morgan fingerprint density at radius 2 is 2.03 bits per heavy atom. The van der Waals surface area contributed by atoms with Gasteiger partial charge >= 0.3 is 5.97 Å². The second-order valence-electron chi connectivity index (χ2n) is 8.68. The Morgan fingerprint density at radius 1 is 1.24 bits per heavy atom. The predicted octanol–water partition coefficient (Wildman–Crippen LogP) is 3.78. The molecule has 1 atom stereocenters. The molecule has 2 aliphatic heterocycles. The molecule has 0 saturated carbocycles. The number of nitrogens with zero attached hydrogens (tertiary/aromatic N) is 2. The molecule has 7 nitrogen and oxygen atoms in total. The van der Waals surface area contributed by atoms with E-state index in [0.29, 0.717) is 47.2 Å². The molecule has 1 aromatic heterocycles. The molecule has 0 saturated heterocycles. The zero-order valence-electron chi connectivity index (χ0n) is 18.8. The molecule has 0 bridgehead atoms. The monoisotopic (exact) mass is 468 g/mol. The fourth-order valence-electron chi connectivity index (χ4n) is 4.21. The molecule has 0 N–H and O–H groups in total. The van der Waals surface area contributed by atoms with E-state index in [1.54, 1.807) is 35.2 Å². The molecule has 1 aromatic carbocycles. The number of pyridine rings is 1. The van der Waals surface area contributed by atoms with Gasteiger partial charge in [0.25, 0.3) is 5.91 Å². The smallest absolute Gasteiger partial charge is 0.339 e. The summed E-state index contributed by atoms with van der Waals surface area (Å²) in [6.45, 7) is 4.37. The molecule has 172 valence electrons. The van der Waals surface area contributed by atoms with Crippen LogP contribution in [0.5, 0.6) is 5.75 Å². The number of ketones is 1. The molecule has 0 aliphatic carbocycles. The molecule has 0 radical (unpaired) electrons. The number of rotatable bonds is 7. The zero-order chi connectivity index (χ0) is 23.7. The van der Waals surface area contributed by atoms with Gasteiger partial charge in [-0.3, -0.25) is 14.6 Å². The van der Waals surface area contributed by atoms with Crippen LogP contribution in [0.3, 0.4) is 0 Å². The minimum absolute atomic E-state index is 0.0558. The van der Waals surface area contributed by atoms with Crippen LogP contribution >= 0.6 is 11.6 Å². The van der Waals surface area contributed by atoms with Crippen LogP contribution in [0.4, 0.5) is 0 Å². The van der Waals surface area contributed by atoms with Crippen LogP contribution in [-0.4, -0.2) is 47.2 Å². The molecule has 8 heteroatoms. The van der Waals surface area contributed by atoms with Crippen molar-refractivity contribution in [2.75, 3.05) is 13.7 Å². The number of amides is 1. The quantitative estimate of drug-likeness (QED) is 0.575. The molecule has 33 heavy (non-hydrogen) atoms. The van der Waals surface area contributed by atoms with E-state index in [4.69, 9.17) is 16.3 Å². The van der Waals surface area contributed by atoms with Crippen molar-refractivity contribution in [2.45, 2.75) is 39.2 Å². The average molecular weight is 469 g/mol. The van der Waals surface area contributed by atoms with Crippen LogP contribution in [0.25, 0.3) is 0 Å². The first-order chi connectivity index (χ1) is 15.8. The number of Topliss-reactive ketones (excluding diaryl/α,β-unsaturated/α-hetero) is 1. The Morgan fingerprint density at radius 3 is 2.70 bits per heavy atom. The van der Waals surface area contributed by atoms with Crippen molar-refractivity contribution in [3.8, 4) is 5.75 Å². The summed E-state index contributed by atoms with van der Waals surface area (Å²) >= 11 is 6.33. The van der Waals surface area contributed by atoms with Gasteiger partial charge in [0, 0.05) is 41.0 Å². The number of esters is 1. The summed E-state index contributed by atoms with van der Waals surface area (Å²) in [5, 5.41) is 0.598. The Bertz CT molecular complexity index is 1140. The molecule has 2 aromatic rings. The molecule has 0 unspecified atom stereocenters. The fourth-order valence-corrected chi connectivity index (χ4v) is 4.44. The molecular weight excluding hydrogens is 444 g/mol. The predicted molar refractivity (Wildman–Crippen MR) is 122 cm³/mol. The van der Waals surface area contributed by atoms with Gasteiger partial charge in [0.2, 0.25) is 0 Å². The van der Waals surface area contributed by atoms with Gasteiger partial charge in [0.05, 0.1) is 25.1 Å². The van der Waals surface area contributed by atoms with E-state index in [2.05, 4.69) is 9.72 Å². The van der Waals surface area contributed by atoms with Crippen molar-refractivity contribution in [1.82, 2.24) is 9.88 Å². The van der Waals surface area contributed by atoms with Crippen molar-refractivity contribution >= 4 is 29.3 Å². The van der Waals surface area contributed by atoms with Gasteiger partial charge in [0.1, 0.15) is 5.75 Å². The van der Waals surface area contributed by atoms with Crippen molar-refractivity contribution in [3.05, 3.63) is 69.7 Å². The third-order valence-electron chi connectivity index (χ3n) is 5.86. The lowest BCUT2D eigenvalue weighted by molar-refractivity contribution is -0.136. The minimum Gasteiger partial charge on any atom is -0.465 e. The lowest BCUT2D eigenvalue weighted by Gasteiger charge is -2.28. The first kappa shape index (κ1) is 23.0. The van der Waals surface area contributed by atoms with Gasteiger partial charge in [-0.25, -0.2) is 4.79 Å². The van der Waals surface area contributed by atoms with Crippen LogP contribution in [0.2, 0.25) is 5.02 Å². The number of methoxy groups -OCH3 is 1. The van der Waals surface area contributed by atoms with Crippen molar-refractivity contribution in [1.29, 1.82) is 0 Å². The number of halogens is 1. The van der Waals surface area contributed by atoms with Gasteiger partial charge in [-0.2, -0.15) is 0 Å². The summed E-state index contributed by atoms with van der Waals surface area (Å²) in [7, 11) is 1.30. The van der Waals surface area contributed by atoms with E-state index in [1.807, 2.05) is 13.8 Å². The van der Waals surface area contributed by atoms with Crippen molar-refractivity contribution in [2.24, 2.45) is 5.92 Å². The highest BCUT2D eigenvalue weighted by atomic mass is 35.5. The lowest BCUT2D eigenvalue weighted by Crippen LogP contribution is -2.45. The Labute approximate surface area is 197 Å². The number of carbonyl (C=O) groups is 3. The van der Waals surface area contributed by atoms with E-state index < -0.39 is 12.0 Å². The zero-order valence-corrected chi connectivity index (χ0v) is 19.5. The van der Waals surface area contributed by atoms with Gasteiger partial charge < -0.3 is 14.4 Å². The van der Waals surface area contributed by atoms with Crippen LogP contribution in [0, 0.1) is 5.92 Å². The molecule has 0 fully saturated rings. The highest BCUT2D eigenvalue weighted by molar-refractivity contribution is 6.31. The number of aromatic nitrogens is 1. The molecular formula is C25H25ClN2O5. The molecule has 0 spiro atoms. The average Bonchev–Trinajstić information content (AvgIpc) is 3.11. The van der Waals surface area contributed by atoms with Crippen LogP contribution in [0.15, 0.2) is 47.9 Å². The standard InChI is InChI=1S/C25H25ClN2O5/c1-14(2)9-20(21(29)11-17-8-7-15(12-27-17)25(31)32-3)28-13-16-10-18-19(26)5-4-6-22(18)33-23(16)24(28)30/h4-8,12,14,20H,9-11,13H2,1-3H3/t20-/m0/s1. The summed E-state index contributed by atoms with van der Waals surface area (Å²) in [6.07, 6.45) is 2.49. The number of fused-ring (bicyclic) bond motifs is 1. The van der Waals surface area contributed by atoms with E-state index in [9.17, 15) is 14.4 Å². The van der Waals surface area contributed by atoms with Gasteiger partial charge in [-0.15, -0.1) is 0 Å². The third-order valence-corrected chi connectivity index (χ3v) is 6.21. The number of hydrogen-bond donors (Lipinski definition) is 0. The molecule has 4 rings (SSSR count). The van der Waals surface area contributed by atoms with Gasteiger partial charge in [-0.1, -0.05) is 31.5 Å². The van der Waals surface area contributed by atoms with Crippen LogP contribution in [-0.2, 0) is 27.2 Å². The number of benzene rings is 1. The molecule has 3 heterocycles. The van der Waals surface area contributed by atoms with Crippen molar-refractivity contribution in [3.63, 3.8) is 0 Å². The summed E-state index contributed by atoms with van der Waals surface area (Å²) < 4.78 is 10.6. The number of hydrogen-bond acceptors (Lipinski definition) is 6. The Hall–Kier alpha value is -3.19. The molecule has 1 amide bonds. The summed E-state index contributed by atoms with van der Waals surface area (Å²) in [5.74, 6) is 0.212. The maximum absolute atomic E-state index is 13.3. The second-order valence-corrected chi connectivity index (χ2v) is 9.09. The maximum atomic E-state index is 13.3. The SMILES string of the molecule is COC(=O)c1ccc(CC(=O)[C@H](CC(C)C)N2CC3=C(Oc4cccc(Cl)c4C3)C2=O)nc1. The van der Waals surface area contributed by atoms with Gasteiger partial charge in [-0.05, 0) is 36.6 Å². The highest BCUT2D eigenvalue weighted by Crippen LogP contribution is 2.39. The van der Waals surface area contributed by atoms with E-state index in [0.717, 1.165) is 11.1 Å². The largest absolute Gasteiger partial charge is 0.465 e. The number of ether oxygens (including phenoxy) is 2. The normalized spacial score (nSPS) is 15.8. The highest BCUT2D eigenvalue weighted by Gasteiger charge is 2.41. The van der Waals surface area contributed by atoms with E-state index in [-0.39, 0.29) is 24.0 Å².